The second-order valence-corrected chi connectivity index (χ2v) is 6.28. The maximum Gasteiger partial charge on any atom is 0.363 e. The van der Waals surface area contributed by atoms with Gasteiger partial charge in [0.25, 0.3) is 5.69 Å². The lowest BCUT2D eigenvalue weighted by atomic mass is 10.1. The SMILES string of the molecule is CCOc1cc(/C=C2\N=C(c3cccc([N+](=O)[O-])c3C)OC2=O)ccc1OC(C)=O. The standard InChI is InChI=1S/C21H18N2O7/c1-4-28-19-11-14(8-9-18(19)29-13(3)24)10-16-21(25)30-20(22-16)15-6-5-7-17(12(15)2)23(26)27/h5-11H,4H2,1-3H3/b16-10-. The van der Waals surface area contributed by atoms with E-state index in [9.17, 15) is 19.7 Å². The molecule has 154 valence electrons. The first-order valence-electron chi connectivity index (χ1n) is 9.02. The van der Waals surface area contributed by atoms with Gasteiger partial charge in [-0.1, -0.05) is 12.1 Å². The van der Waals surface area contributed by atoms with E-state index in [1.807, 2.05) is 0 Å². The minimum absolute atomic E-state index is 0.00554. The van der Waals surface area contributed by atoms with Crippen molar-refractivity contribution in [3.63, 3.8) is 0 Å². The Bertz CT molecular complexity index is 1100. The number of aliphatic imine (C=N–C) groups is 1. The third-order valence-corrected chi connectivity index (χ3v) is 4.18. The summed E-state index contributed by atoms with van der Waals surface area (Å²) in [5.74, 6) is -0.570. The van der Waals surface area contributed by atoms with E-state index in [1.165, 1.54) is 25.1 Å². The van der Waals surface area contributed by atoms with E-state index < -0.39 is 16.9 Å². The number of nitrogens with zero attached hydrogens (tertiary/aromatic N) is 2. The Morgan fingerprint density at radius 3 is 2.70 bits per heavy atom. The molecule has 9 nitrogen and oxygen atoms in total. The van der Waals surface area contributed by atoms with Crippen LogP contribution in [0.2, 0.25) is 0 Å². The zero-order valence-corrected chi connectivity index (χ0v) is 16.5. The van der Waals surface area contributed by atoms with E-state index in [2.05, 4.69) is 4.99 Å². The number of nitro benzene ring substituents is 1. The van der Waals surface area contributed by atoms with Crippen molar-refractivity contribution in [2.24, 2.45) is 4.99 Å². The minimum Gasteiger partial charge on any atom is -0.490 e. The van der Waals surface area contributed by atoms with Crippen LogP contribution in [-0.4, -0.2) is 29.4 Å². The summed E-state index contributed by atoms with van der Waals surface area (Å²) in [6.07, 6.45) is 1.49. The molecular weight excluding hydrogens is 392 g/mol. The molecule has 9 heteroatoms. The van der Waals surface area contributed by atoms with Gasteiger partial charge in [-0.2, -0.15) is 0 Å². The van der Waals surface area contributed by atoms with Crippen molar-refractivity contribution >= 4 is 29.6 Å². The van der Waals surface area contributed by atoms with Gasteiger partial charge in [0.05, 0.1) is 11.5 Å². The highest BCUT2D eigenvalue weighted by molar-refractivity contribution is 6.13. The highest BCUT2D eigenvalue weighted by atomic mass is 16.6. The number of nitro groups is 1. The molecule has 1 heterocycles. The summed E-state index contributed by atoms with van der Waals surface area (Å²) in [5, 5.41) is 11.1. The molecule has 0 aromatic heterocycles. The molecule has 0 fully saturated rings. The third kappa shape index (κ3) is 4.35. The van der Waals surface area contributed by atoms with Crippen molar-refractivity contribution in [3.05, 3.63) is 68.9 Å². The number of hydrogen-bond donors (Lipinski definition) is 0. The van der Waals surface area contributed by atoms with Gasteiger partial charge < -0.3 is 14.2 Å². The van der Waals surface area contributed by atoms with Crippen LogP contribution < -0.4 is 9.47 Å². The summed E-state index contributed by atoms with van der Waals surface area (Å²) in [5.41, 5.74) is 1.22. The molecule has 1 aliphatic rings. The maximum absolute atomic E-state index is 12.3. The molecule has 0 spiro atoms. The number of carbonyl (C=O) groups is 2. The predicted octanol–water partition coefficient (Wildman–Crippen LogP) is 3.57. The molecule has 1 aliphatic heterocycles. The Morgan fingerprint density at radius 2 is 2.03 bits per heavy atom. The van der Waals surface area contributed by atoms with E-state index in [4.69, 9.17) is 14.2 Å². The van der Waals surface area contributed by atoms with Gasteiger partial charge in [-0.3, -0.25) is 14.9 Å². The van der Waals surface area contributed by atoms with Crippen LogP contribution in [0.25, 0.3) is 6.08 Å². The number of ether oxygens (including phenoxy) is 3. The topological polar surface area (TPSA) is 117 Å². The Balaban J connectivity index is 1.97. The van der Waals surface area contributed by atoms with E-state index in [1.54, 1.807) is 38.1 Å². The third-order valence-electron chi connectivity index (χ3n) is 4.18. The van der Waals surface area contributed by atoms with Crippen molar-refractivity contribution in [2.75, 3.05) is 6.61 Å². The first-order chi connectivity index (χ1) is 14.3. The Labute approximate surface area is 171 Å². The molecule has 2 aromatic rings. The summed E-state index contributed by atoms with van der Waals surface area (Å²) in [6.45, 7) is 4.99. The zero-order chi connectivity index (χ0) is 21.8. The van der Waals surface area contributed by atoms with Gasteiger partial charge in [0.1, 0.15) is 0 Å². The fourth-order valence-electron chi connectivity index (χ4n) is 2.86. The lowest BCUT2D eigenvalue weighted by molar-refractivity contribution is -0.385. The summed E-state index contributed by atoms with van der Waals surface area (Å²) >= 11 is 0. The summed E-state index contributed by atoms with van der Waals surface area (Å²) in [7, 11) is 0. The first kappa shape index (κ1) is 20.7. The Kier molecular flexibility index (Phi) is 5.91. The molecular formula is C21H18N2O7. The molecule has 0 atom stereocenters. The van der Waals surface area contributed by atoms with Crippen LogP contribution in [-0.2, 0) is 14.3 Å². The number of cyclic esters (lactones) is 1. The summed E-state index contributed by atoms with van der Waals surface area (Å²) in [6, 6.07) is 9.25. The smallest absolute Gasteiger partial charge is 0.363 e. The lowest BCUT2D eigenvalue weighted by Crippen LogP contribution is -2.08. The Hall–Kier alpha value is -4.01. The van der Waals surface area contributed by atoms with Crippen molar-refractivity contribution in [2.45, 2.75) is 20.8 Å². The molecule has 0 saturated carbocycles. The molecule has 0 N–H and O–H groups in total. The minimum atomic E-state index is -0.682. The predicted molar refractivity (Wildman–Crippen MR) is 107 cm³/mol. The molecule has 0 bridgehead atoms. The van der Waals surface area contributed by atoms with E-state index >= 15 is 0 Å². The van der Waals surface area contributed by atoms with Crippen molar-refractivity contribution < 1.29 is 28.7 Å². The van der Waals surface area contributed by atoms with E-state index in [-0.39, 0.29) is 23.0 Å². The van der Waals surface area contributed by atoms with Crippen LogP contribution >= 0.6 is 0 Å². The number of carbonyl (C=O) groups excluding carboxylic acids is 2. The normalized spacial score (nSPS) is 14.3. The molecule has 0 amide bonds. The van der Waals surface area contributed by atoms with Crippen LogP contribution in [0.1, 0.15) is 30.5 Å². The quantitative estimate of drug-likeness (QED) is 0.235. The Morgan fingerprint density at radius 1 is 1.27 bits per heavy atom. The van der Waals surface area contributed by atoms with Crippen LogP contribution in [0.4, 0.5) is 5.69 Å². The second kappa shape index (κ2) is 8.56. The average Bonchev–Trinajstić information content (AvgIpc) is 3.04. The van der Waals surface area contributed by atoms with Gasteiger partial charge in [-0.25, -0.2) is 9.79 Å². The van der Waals surface area contributed by atoms with Gasteiger partial charge in [-0.15, -0.1) is 0 Å². The molecule has 0 radical (unpaired) electrons. The van der Waals surface area contributed by atoms with Crippen molar-refractivity contribution in [1.82, 2.24) is 0 Å². The molecule has 0 unspecified atom stereocenters. The monoisotopic (exact) mass is 410 g/mol. The maximum atomic E-state index is 12.3. The molecule has 2 aromatic carbocycles. The number of hydrogen-bond acceptors (Lipinski definition) is 8. The fraction of sp³-hybridized carbons (Fsp3) is 0.190. The highest BCUT2D eigenvalue weighted by Crippen LogP contribution is 2.31. The van der Waals surface area contributed by atoms with Gasteiger partial charge in [0.2, 0.25) is 5.90 Å². The molecule has 0 aliphatic carbocycles. The van der Waals surface area contributed by atoms with E-state index in [0.717, 1.165) is 0 Å². The van der Waals surface area contributed by atoms with Gasteiger partial charge in [0.15, 0.2) is 17.2 Å². The largest absolute Gasteiger partial charge is 0.490 e. The number of esters is 2. The van der Waals surface area contributed by atoms with Crippen molar-refractivity contribution in [1.29, 1.82) is 0 Å². The van der Waals surface area contributed by atoms with E-state index in [0.29, 0.717) is 29.0 Å². The molecule has 30 heavy (non-hydrogen) atoms. The second-order valence-electron chi connectivity index (χ2n) is 6.28. The van der Waals surface area contributed by atoms with Crippen LogP contribution in [0.15, 0.2) is 47.1 Å². The highest BCUT2D eigenvalue weighted by Gasteiger charge is 2.27. The van der Waals surface area contributed by atoms with Gasteiger partial charge in [-0.05, 0) is 43.7 Å². The first-order valence-corrected chi connectivity index (χ1v) is 9.02. The molecule has 0 saturated heterocycles. The zero-order valence-electron chi connectivity index (χ0n) is 16.5. The van der Waals surface area contributed by atoms with Crippen molar-refractivity contribution in [3.8, 4) is 11.5 Å². The van der Waals surface area contributed by atoms with Gasteiger partial charge >= 0.3 is 11.9 Å². The van der Waals surface area contributed by atoms with Crippen LogP contribution in [0.3, 0.4) is 0 Å². The average molecular weight is 410 g/mol. The summed E-state index contributed by atoms with van der Waals surface area (Å²) < 4.78 is 15.8. The van der Waals surface area contributed by atoms with Crippen LogP contribution in [0.5, 0.6) is 11.5 Å². The lowest BCUT2D eigenvalue weighted by Gasteiger charge is -2.10. The fourth-order valence-corrected chi connectivity index (χ4v) is 2.86. The van der Waals surface area contributed by atoms with Gasteiger partial charge in [0, 0.05) is 24.1 Å². The number of rotatable bonds is 6. The summed E-state index contributed by atoms with van der Waals surface area (Å²) in [4.78, 5) is 38.3. The van der Waals surface area contributed by atoms with Crippen LogP contribution in [0, 0.1) is 17.0 Å². The molecule has 3 rings (SSSR count). The number of benzene rings is 2.